The molecule has 1 aromatic carbocycles. The van der Waals surface area contributed by atoms with Crippen LogP contribution in [0.5, 0.6) is 0 Å². The summed E-state index contributed by atoms with van der Waals surface area (Å²) >= 11 is 0. The van der Waals surface area contributed by atoms with Crippen molar-refractivity contribution in [2.24, 2.45) is 0 Å². The number of hydrogen-bond acceptors (Lipinski definition) is 4. The molecule has 2 N–H and O–H groups in total. The zero-order valence-electron chi connectivity index (χ0n) is 14.6. The van der Waals surface area contributed by atoms with E-state index in [0.29, 0.717) is 31.5 Å². The highest BCUT2D eigenvalue weighted by molar-refractivity contribution is 5.94. The maximum absolute atomic E-state index is 12.4. The lowest BCUT2D eigenvalue weighted by Crippen LogP contribution is -2.55. The van der Waals surface area contributed by atoms with Gasteiger partial charge in [-0.1, -0.05) is 18.2 Å². The molecule has 1 aromatic rings. The van der Waals surface area contributed by atoms with Gasteiger partial charge >= 0.3 is 0 Å². The van der Waals surface area contributed by atoms with E-state index in [0.717, 1.165) is 19.6 Å². The average Bonchev–Trinajstić information content (AvgIpc) is 3.15. The Labute approximate surface area is 148 Å². The van der Waals surface area contributed by atoms with Gasteiger partial charge in [0.25, 0.3) is 5.91 Å². The summed E-state index contributed by atoms with van der Waals surface area (Å²) in [6.07, 6.45) is 2.80. The third-order valence-electron chi connectivity index (χ3n) is 5.13. The second-order valence-electron chi connectivity index (χ2n) is 6.94. The van der Waals surface area contributed by atoms with E-state index in [1.165, 1.54) is 12.8 Å². The van der Waals surface area contributed by atoms with Crippen LogP contribution in [0, 0.1) is 0 Å². The second kappa shape index (κ2) is 8.45. The number of carbonyl (C=O) groups is 2. The van der Waals surface area contributed by atoms with E-state index in [1.54, 1.807) is 17.0 Å². The van der Waals surface area contributed by atoms with Gasteiger partial charge in [0.15, 0.2) is 0 Å². The van der Waals surface area contributed by atoms with Gasteiger partial charge in [0.05, 0.1) is 12.1 Å². The Morgan fingerprint density at radius 2 is 1.84 bits per heavy atom. The first-order chi connectivity index (χ1) is 12.1. The van der Waals surface area contributed by atoms with E-state index >= 15 is 0 Å². The molecule has 6 heteroatoms. The molecule has 0 radical (unpaired) electrons. The molecule has 2 saturated heterocycles. The molecule has 2 fully saturated rings. The first kappa shape index (κ1) is 17.9. The van der Waals surface area contributed by atoms with Crippen molar-refractivity contribution in [2.45, 2.75) is 37.8 Å². The summed E-state index contributed by atoms with van der Waals surface area (Å²) in [6, 6.07) is 8.67. The van der Waals surface area contributed by atoms with Crippen molar-refractivity contribution in [3.05, 3.63) is 35.9 Å². The number of likely N-dealkylation sites (tertiary alicyclic amines) is 2. The quantitative estimate of drug-likeness (QED) is 0.830. The van der Waals surface area contributed by atoms with Gasteiger partial charge in [-0.2, -0.15) is 0 Å². The molecular weight excluding hydrogens is 318 g/mol. The Bertz CT molecular complexity index is 587. The van der Waals surface area contributed by atoms with Crippen molar-refractivity contribution in [1.29, 1.82) is 0 Å². The number of piperidine rings is 1. The van der Waals surface area contributed by atoms with Crippen molar-refractivity contribution in [2.75, 3.05) is 32.7 Å². The van der Waals surface area contributed by atoms with Crippen LogP contribution in [0.3, 0.4) is 0 Å². The molecule has 2 atom stereocenters. The summed E-state index contributed by atoms with van der Waals surface area (Å²) in [4.78, 5) is 28.6. The largest absolute Gasteiger partial charge is 0.389 e. The van der Waals surface area contributed by atoms with E-state index in [4.69, 9.17) is 0 Å². The van der Waals surface area contributed by atoms with Crippen molar-refractivity contribution in [3.8, 4) is 0 Å². The monoisotopic (exact) mass is 345 g/mol. The molecule has 0 bridgehead atoms. The lowest BCUT2D eigenvalue weighted by molar-refractivity contribution is -0.135. The lowest BCUT2D eigenvalue weighted by atomic mass is 10.0. The molecule has 136 valence electrons. The van der Waals surface area contributed by atoms with Crippen LogP contribution < -0.4 is 5.32 Å². The van der Waals surface area contributed by atoms with Crippen molar-refractivity contribution >= 4 is 11.8 Å². The van der Waals surface area contributed by atoms with Crippen LogP contribution in [-0.4, -0.2) is 71.6 Å². The summed E-state index contributed by atoms with van der Waals surface area (Å²) < 4.78 is 0. The fraction of sp³-hybridized carbons (Fsp3) is 0.579. The van der Waals surface area contributed by atoms with Crippen LogP contribution in [-0.2, 0) is 4.79 Å². The zero-order valence-corrected chi connectivity index (χ0v) is 14.6. The smallest absolute Gasteiger partial charge is 0.251 e. The minimum absolute atomic E-state index is 0.0961. The van der Waals surface area contributed by atoms with Gasteiger partial charge in [-0.05, 0) is 44.5 Å². The standard InChI is InChI=1S/C19H27N3O3/c23-17-14-22(18(24)9-12-21-10-4-5-11-21)13-8-16(17)20-19(25)15-6-2-1-3-7-15/h1-3,6-7,16-17,23H,4-5,8-14H2,(H,20,25). The Balaban J connectivity index is 1.45. The third kappa shape index (κ3) is 4.80. The first-order valence-electron chi connectivity index (χ1n) is 9.17. The predicted octanol–water partition coefficient (Wildman–Crippen LogP) is 0.864. The first-order valence-corrected chi connectivity index (χ1v) is 9.17. The number of carbonyl (C=O) groups excluding carboxylic acids is 2. The predicted molar refractivity (Wildman–Crippen MR) is 95.2 cm³/mol. The third-order valence-corrected chi connectivity index (χ3v) is 5.13. The molecule has 2 heterocycles. The van der Waals surface area contributed by atoms with Gasteiger partial charge in [0.2, 0.25) is 5.91 Å². The average molecular weight is 345 g/mol. The molecule has 0 aliphatic carbocycles. The number of aliphatic hydroxyl groups excluding tert-OH is 1. The van der Waals surface area contributed by atoms with Crippen LogP contribution in [0.2, 0.25) is 0 Å². The molecule has 2 aliphatic rings. The number of nitrogens with zero attached hydrogens (tertiary/aromatic N) is 2. The van der Waals surface area contributed by atoms with Crippen molar-refractivity contribution < 1.29 is 14.7 Å². The number of β-amino-alcohol motifs (C(OH)–C–C–N with tert-alkyl or cyclic N) is 1. The Kier molecular flexibility index (Phi) is 6.04. The van der Waals surface area contributed by atoms with Crippen LogP contribution in [0.1, 0.15) is 36.0 Å². The Hall–Kier alpha value is -1.92. The second-order valence-corrected chi connectivity index (χ2v) is 6.94. The Morgan fingerprint density at radius 3 is 2.52 bits per heavy atom. The molecule has 0 aromatic heterocycles. The van der Waals surface area contributed by atoms with Crippen LogP contribution in [0.15, 0.2) is 30.3 Å². The van der Waals surface area contributed by atoms with Crippen LogP contribution >= 0.6 is 0 Å². The number of nitrogens with one attached hydrogen (secondary N) is 1. The molecule has 0 saturated carbocycles. The SMILES string of the molecule is O=C(NC1CCN(C(=O)CCN2CCCC2)CC1O)c1ccccc1. The molecule has 2 amide bonds. The maximum atomic E-state index is 12.4. The lowest BCUT2D eigenvalue weighted by Gasteiger charge is -2.36. The summed E-state index contributed by atoms with van der Waals surface area (Å²) in [5, 5.41) is 13.2. The fourth-order valence-electron chi connectivity index (χ4n) is 3.59. The normalized spacial score (nSPS) is 24.3. The summed E-state index contributed by atoms with van der Waals surface area (Å²) in [5.41, 5.74) is 0.582. The summed E-state index contributed by atoms with van der Waals surface area (Å²) in [5.74, 6) is -0.0859. The van der Waals surface area contributed by atoms with Crippen LogP contribution in [0.4, 0.5) is 0 Å². The number of benzene rings is 1. The highest BCUT2D eigenvalue weighted by atomic mass is 16.3. The molecule has 3 rings (SSSR count). The molecule has 25 heavy (non-hydrogen) atoms. The van der Waals surface area contributed by atoms with Gasteiger partial charge in [0.1, 0.15) is 0 Å². The number of rotatable bonds is 5. The zero-order chi connectivity index (χ0) is 17.6. The molecule has 2 unspecified atom stereocenters. The van der Waals surface area contributed by atoms with Crippen molar-refractivity contribution in [3.63, 3.8) is 0 Å². The molecular formula is C19H27N3O3. The van der Waals surface area contributed by atoms with Gasteiger partial charge in [-0.15, -0.1) is 0 Å². The maximum Gasteiger partial charge on any atom is 0.251 e. The van der Waals surface area contributed by atoms with E-state index in [2.05, 4.69) is 10.2 Å². The van der Waals surface area contributed by atoms with Gasteiger partial charge in [-0.25, -0.2) is 0 Å². The molecule has 2 aliphatic heterocycles. The van der Waals surface area contributed by atoms with Crippen molar-refractivity contribution in [1.82, 2.24) is 15.1 Å². The van der Waals surface area contributed by atoms with E-state index < -0.39 is 6.10 Å². The van der Waals surface area contributed by atoms with Gasteiger partial charge < -0.3 is 20.2 Å². The topological polar surface area (TPSA) is 72.9 Å². The van der Waals surface area contributed by atoms with E-state index in [-0.39, 0.29) is 17.9 Å². The fourth-order valence-corrected chi connectivity index (χ4v) is 3.59. The number of amides is 2. The number of aliphatic hydroxyl groups is 1. The summed E-state index contributed by atoms with van der Waals surface area (Å²) in [6.45, 7) is 3.85. The highest BCUT2D eigenvalue weighted by Crippen LogP contribution is 2.14. The van der Waals surface area contributed by atoms with E-state index in [1.807, 2.05) is 18.2 Å². The van der Waals surface area contributed by atoms with E-state index in [9.17, 15) is 14.7 Å². The highest BCUT2D eigenvalue weighted by Gasteiger charge is 2.31. The number of hydrogen-bond donors (Lipinski definition) is 2. The van der Waals surface area contributed by atoms with Gasteiger partial charge in [0, 0.05) is 31.6 Å². The van der Waals surface area contributed by atoms with Crippen LogP contribution in [0.25, 0.3) is 0 Å². The Morgan fingerprint density at radius 1 is 1.12 bits per heavy atom. The summed E-state index contributed by atoms with van der Waals surface area (Å²) in [7, 11) is 0. The van der Waals surface area contributed by atoms with Gasteiger partial charge in [-0.3, -0.25) is 9.59 Å². The molecule has 6 nitrogen and oxygen atoms in total. The minimum atomic E-state index is -0.725. The minimum Gasteiger partial charge on any atom is -0.389 e. The molecule has 0 spiro atoms.